The summed E-state index contributed by atoms with van der Waals surface area (Å²) in [5.41, 5.74) is 0.572. The number of hydrogen-bond acceptors (Lipinski definition) is 3. The molecule has 12 heteroatoms. The van der Waals surface area contributed by atoms with Gasteiger partial charge in [-0.1, -0.05) is 18.2 Å². The second-order valence-corrected chi connectivity index (χ2v) is 7.45. The smallest absolute Gasteiger partial charge is 0.312 e. The third-order valence-electron chi connectivity index (χ3n) is 5.25. The summed E-state index contributed by atoms with van der Waals surface area (Å²) in [6.45, 7) is -0.531. The lowest BCUT2D eigenvalue weighted by Gasteiger charge is -2.33. The predicted molar refractivity (Wildman–Crippen MR) is 105 cm³/mol. The zero-order valence-corrected chi connectivity index (χ0v) is 17.0. The Morgan fingerprint density at radius 3 is 2.30 bits per heavy atom. The van der Waals surface area contributed by atoms with Gasteiger partial charge in [-0.05, 0) is 48.7 Å². The van der Waals surface area contributed by atoms with Crippen molar-refractivity contribution in [3.8, 4) is 0 Å². The molecule has 0 bridgehead atoms. The second kappa shape index (κ2) is 9.30. The van der Waals surface area contributed by atoms with Crippen molar-refractivity contribution >= 4 is 17.6 Å². The zero-order valence-electron chi connectivity index (χ0n) is 17.0. The molecule has 2 aromatic rings. The molecule has 0 aromatic heterocycles. The summed E-state index contributed by atoms with van der Waals surface area (Å²) in [5, 5.41) is 8.69. The fourth-order valence-corrected chi connectivity index (χ4v) is 3.62. The Bertz CT molecular complexity index is 1010. The van der Waals surface area contributed by atoms with Gasteiger partial charge in [0.2, 0.25) is 0 Å². The molecule has 1 heterocycles. The molecule has 2 N–H and O–H groups in total. The molecule has 1 aliphatic rings. The number of anilines is 1. The highest BCUT2D eigenvalue weighted by Crippen LogP contribution is 2.36. The number of carbonyl (C=O) groups is 2. The van der Waals surface area contributed by atoms with E-state index in [4.69, 9.17) is 5.21 Å². The molecule has 0 spiro atoms. The molecule has 0 saturated carbocycles. The van der Waals surface area contributed by atoms with E-state index in [0.29, 0.717) is 16.5 Å². The number of hydrogen-bond donors (Lipinski definition) is 2. The van der Waals surface area contributed by atoms with Crippen molar-refractivity contribution in [2.45, 2.75) is 37.8 Å². The summed E-state index contributed by atoms with van der Waals surface area (Å²) in [5.74, 6) is -0.808. The maximum atomic E-state index is 13.4. The highest BCUT2D eigenvalue weighted by Gasteiger charge is 2.48. The third kappa shape index (κ3) is 5.56. The number of benzene rings is 2. The first kappa shape index (κ1) is 24.4. The Balaban J connectivity index is 1.98. The summed E-state index contributed by atoms with van der Waals surface area (Å²) in [4.78, 5) is 26.1. The molecule has 1 atom stereocenters. The van der Waals surface area contributed by atoms with E-state index in [1.807, 2.05) is 0 Å². The number of halogens is 6. The number of likely N-dealkylation sites (tertiary alicyclic amines) is 1. The van der Waals surface area contributed by atoms with Crippen LogP contribution in [0.15, 0.2) is 48.5 Å². The fraction of sp³-hybridized carbons (Fsp3) is 0.333. The number of nitrogens with one attached hydrogen (secondary N) is 1. The van der Waals surface area contributed by atoms with E-state index >= 15 is 0 Å². The first-order valence-corrected chi connectivity index (χ1v) is 9.77. The van der Waals surface area contributed by atoms with Crippen molar-refractivity contribution in [3.05, 3.63) is 65.2 Å². The van der Waals surface area contributed by atoms with Crippen LogP contribution < -0.4 is 10.4 Å². The van der Waals surface area contributed by atoms with Gasteiger partial charge in [-0.15, -0.1) is 0 Å². The van der Waals surface area contributed by atoms with Gasteiger partial charge >= 0.3 is 18.4 Å². The minimum absolute atomic E-state index is 0.0647. The molecule has 3 amide bonds. The van der Waals surface area contributed by atoms with Gasteiger partial charge in [0.1, 0.15) is 6.04 Å². The quantitative estimate of drug-likeness (QED) is 0.372. The molecule has 0 aliphatic carbocycles. The molecule has 1 unspecified atom stereocenters. The van der Waals surface area contributed by atoms with E-state index in [-0.39, 0.29) is 37.2 Å². The van der Waals surface area contributed by atoms with Crippen LogP contribution in [-0.2, 0) is 12.7 Å². The standard InChI is InChI=1S/C21H19F6N3O3/c22-20(23,24)15-3-1-4-16(11-15)30(12-13-6-8-14(9-7-13)18(31)28-33)19(32)29-10-2-5-17(29)21(25,26)27/h1,3-4,6-9,11,17,33H,2,5,10,12H2,(H,28,31). The van der Waals surface area contributed by atoms with E-state index in [2.05, 4.69) is 0 Å². The number of nitrogens with zero attached hydrogens (tertiary/aromatic N) is 2. The first-order chi connectivity index (χ1) is 15.4. The van der Waals surface area contributed by atoms with Crippen LogP contribution >= 0.6 is 0 Å². The van der Waals surface area contributed by atoms with Crippen molar-refractivity contribution in [1.82, 2.24) is 10.4 Å². The molecular weight excluding hydrogens is 456 g/mol. The van der Waals surface area contributed by atoms with Gasteiger partial charge < -0.3 is 4.90 Å². The third-order valence-corrected chi connectivity index (χ3v) is 5.25. The molecule has 33 heavy (non-hydrogen) atoms. The Labute approximate surface area is 184 Å². The van der Waals surface area contributed by atoms with Crippen LogP contribution in [-0.4, -0.2) is 40.8 Å². The van der Waals surface area contributed by atoms with Crippen molar-refractivity contribution in [2.75, 3.05) is 11.4 Å². The fourth-order valence-electron chi connectivity index (χ4n) is 3.62. The van der Waals surface area contributed by atoms with E-state index in [0.717, 1.165) is 17.0 Å². The van der Waals surface area contributed by atoms with Crippen LogP contribution in [0.4, 0.5) is 36.8 Å². The first-order valence-electron chi connectivity index (χ1n) is 9.77. The van der Waals surface area contributed by atoms with Gasteiger partial charge in [0, 0.05) is 17.8 Å². The van der Waals surface area contributed by atoms with Crippen LogP contribution in [0, 0.1) is 0 Å². The number of carbonyl (C=O) groups excluding carboxylic acids is 2. The van der Waals surface area contributed by atoms with Gasteiger partial charge in [-0.2, -0.15) is 26.3 Å². The van der Waals surface area contributed by atoms with Crippen molar-refractivity contribution in [2.24, 2.45) is 0 Å². The van der Waals surface area contributed by atoms with Gasteiger partial charge in [0.05, 0.1) is 12.1 Å². The van der Waals surface area contributed by atoms with Gasteiger partial charge in [-0.25, -0.2) is 10.3 Å². The second-order valence-electron chi connectivity index (χ2n) is 7.45. The highest BCUT2D eigenvalue weighted by molar-refractivity contribution is 5.94. The van der Waals surface area contributed by atoms with E-state index in [9.17, 15) is 35.9 Å². The monoisotopic (exact) mass is 475 g/mol. The maximum absolute atomic E-state index is 13.4. The highest BCUT2D eigenvalue weighted by atomic mass is 19.4. The largest absolute Gasteiger partial charge is 0.416 e. The minimum Gasteiger partial charge on any atom is -0.312 e. The Kier molecular flexibility index (Phi) is 6.86. The predicted octanol–water partition coefficient (Wildman–Crippen LogP) is 4.98. The maximum Gasteiger partial charge on any atom is 0.416 e. The summed E-state index contributed by atoms with van der Waals surface area (Å²) in [6.07, 6.45) is -9.58. The van der Waals surface area contributed by atoms with Gasteiger partial charge in [-0.3, -0.25) is 14.9 Å². The molecule has 0 radical (unpaired) electrons. The average molecular weight is 475 g/mol. The topological polar surface area (TPSA) is 72.9 Å². The molecular formula is C21H19F6N3O3. The number of amides is 3. The van der Waals surface area contributed by atoms with Crippen LogP contribution in [0.3, 0.4) is 0 Å². The van der Waals surface area contributed by atoms with Gasteiger partial charge in [0.25, 0.3) is 5.91 Å². The van der Waals surface area contributed by atoms with Gasteiger partial charge in [0.15, 0.2) is 0 Å². The molecule has 6 nitrogen and oxygen atoms in total. The number of alkyl halides is 6. The lowest BCUT2D eigenvalue weighted by atomic mass is 10.1. The van der Waals surface area contributed by atoms with Crippen molar-refractivity contribution < 1.29 is 41.1 Å². The summed E-state index contributed by atoms with van der Waals surface area (Å²) in [7, 11) is 0. The lowest BCUT2D eigenvalue weighted by molar-refractivity contribution is -0.168. The van der Waals surface area contributed by atoms with E-state index in [1.165, 1.54) is 35.8 Å². The number of urea groups is 1. The Morgan fingerprint density at radius 1 is 1.06 bits per heavy atom. The number of hydroxylamine groups is 1. The Hall–Kier alpha value is -3.28. The molecule has 1 saturated heterocycles. The minimum atomic E-state index is -4.72. The lowest BCUT2D eigenvalue weighted by Crippen LogP contribution is -2.50. The Morgan fingerprint density at radius 2 is 1.73 bits per heavy atom. The van der Waals surface area contributed by atoms with Crippen LogP contribution in [0.2, 0.25) is 0 Å². The number of rotatable bonds is 4. The van der Waals surface area contributed by atoms with Crippen molar-refractivity contribution in [1.29, 1.82) is 0 Å². The molecule has 3 rings (SSSR count). The summed E-state index contributed by atoms with van der Waals surface area (Å²) in [6, 6.07) is 6.01. The van der Waals surface area contributed by atoms with E-state index in [1.54, 1.807) is 0 Å². The SMILES string of the molecule is O=C(NO)c1ccc(CN(C(=O)N2CCCC2C(F)(F)F)c2cccc(C(F)(F)F)c2)cc1. The van der Waals surface area contributed by atoms with Crippen LogP contribution in [0.25, 0.3) is 0 Å². The van der Waals surface area contributed by atoms with E-state index < -0.39 is 35.9 Å². The van der Waals surface area contributed by atoms with Crippen LogP contribution in [0.5, 0.6) is 0 Å². The average Bonchev–Trinajstić information content (AvgIpc) is 3.27. The molecule has 1 fully saturated rings. The van der Waals surface area contributed by atoms with Crippen molar-refractivity contribution in [3.63, 3.8) is 0 Å². The molecule has 1 aliphatic heterocycles. The molecule has 178 valence electrons. The zero-order chi connectivity index (χ0) is 24.4. The molecule has 2 aromatic carbocycles. The normalized spacial score (nSPS) is 16.6. The summed E-state index contributed by atoms with van der Waals surface area (Å²) < 4.78 is 79.9. The van der Waals surface area contributed by atoms with Crippen LogP contribution in [0.1, 0.15) is 34.3 Å². The summed E-state index contributed by atoms with van der Waals surface area (Å²) >= 11 is 0.